The van der Waals surface area contributed by atoms with Crippen molar-refractivity contribution in [3.8, 4) is 78.8 Å². The molecule has 0 N–H and O–H groups in total. The Morgan fingerprint density at radius 1 is 0.278 bits per heavy atom. The number of allylic oxidation sites excluding steroid dienone is 2. The summed E-state index contributed by atoms with van der Waals surface area (Å²) in [5.74, 6) is 0.0112. The maximum absolute atomic E-state index is 13.2. The highest BCUT2D eigenvalue weighted by atomic mass is 15.2. The third kappa shape index (κ3) is 7.81. The van der Waals surface area contributed by atoms with Crippen molar-refractivity contribution in [3.63, 3.8) is 0 Å². The summed E-state index contributed by atoms with van der Waals surface area (Å²) in [5.41, 5.74) is 23.4. The second kappa shape index (κ2) is 20.6. The lowest BCUT2D eigenvalue weighted by molar-refractivity contribution is 0.742. The van der Waals surface area contributed by atoms with Crippen LogP contribution in [0.15, 0.2) is 322 Å². The first-order valence-corrected chi connectivity index (χ1v) is 31.0. The van der Waals surface area contributed by atoms with Gasteiger partial charge in [-0.25, -0.2) is 0 Å². The molecular weight excluding hydrogens is 1090 g/mol. The molecule has 2 atom stereocenters. The molecule has 3 aromatic heterocycles. The molecule has 16 aromatic rings. The molecule has 0 saturated carbocycles. The van der Waals surface area contributed by atoms with E-state index in [1.807, 2.05) is 0 Å². The van der Waals surface area contributed by atoms with Crippen molar-refractivity contribution >= 4 is 76.8 Å². The van der Waals surface area contributed by atoms with Gasteiger partial charge in [-0.05, 0) is 122 Å². The summed E-state index contributed by atoms with van der Waals surface area (Å²) < 4.78 is 7.47. The fourth-order valence-electron chi connectivity index (χ4n) is 15.1. The molecule has 0 bridgehead atoms. The summed E-state index contributed by atoms with van der Waals surface area (Å²) in [5, 5.41) is 19.9. The number of rotatable bonds is 9. The van der Waals surface area contributed by atoms with Crippen molar-refractivity contribution in [2.75, 3.05) is 4.90 Å². The lowest BCUT2D eigenvalue weighted by atomic mass is 9.90. The molecule has 0 spiro atoms. The first-order chi connectivity index (χ1) is 44.7. The van der Waals surface area contributed by atoms with Crippen LogP contribution in [0.25, 0.3) is 138 Å². The van der Waals surface area contributed by atoms with Crippen LogP contribution in [0.4, 0.5) is 11.4 Å². The van der Waals surface area contributed by atoms with Crippen molar-refractivity contribution < 1.29 is 0 Å². The minimum Gasteiger partial charge on any atom is -0.330 e. The van der Waals surface area contributed by atoms with Crippen molar-refractivity contribution in [1.29, 1.82) is 5.26 Å². The quantitative estimate of drug-likeness (QED) is 0.145. The van der Waals surface area contributed by atoms with Gasteiger partial charge in [0.25, 0.3) is 0 Å². The number of anilines is 2. The predicted octanol–water partition coefficient (Wildman–Crippen LogP) is 21.9. The van der Waals surface area contributed by atoms with Gasteiger partial charge < -0.3 is 18.6 Å². The molecule has 0 fully saturated rings. The van der Waals surface area contributed by atoms with Crippen molar-refractivity contribution in [2.45, 2.75) is 12.0 Å². The monoisotopic (exact) mass is 1150 g/mol. The molecule has 13 aromatic carbocycles. The topological polar surface area (TPSA) is 41.8 Å². The summed E-state index contributed by atoms with van der Waals surface area (Å²) in [7, 11) is 0. The summed E-state index contributed by atoms with van der Waals surface area (Å²) in [6.07, 6.45) is 9.06. The van der Waals surface area contributed by atoms with Gasteiger partial charge in [0.05, 0.1) is 61.9 Å². The van der Waals surface area contributed by atoms with Crippen LogP contribution in [0, 0.1) is 11.3 Å². The van der Waals surface area contributed by atoms with Gasteiger partial charge in [-0.2, -0.15) is 5.26 Å². The van der Waals surface area contributed by atoms with E-state index < -0.39 is 0 Å². The molecule has 0 radical (unpaired) electrons. The van der Waals surface area contributed by atoms with Gasteiger partial charge in [-0.3, -0.25) is 0 Å². The minimum atomic E-state index is -0.178. The highest BCUT2D eigenvalue weighted by molar-refractivity contribution is 6.18. The normalized spacial score (nSPS) is 14.3. The number of nitriles is 1. The number of hydrogen-bond acceptors (Lipinski definition) is 2. The van der Waals surface area contributed by atoms with Crippen LogP contribution >= 0.6 is 0 Å². The van der Waals surface area contributed by atoms with E-state index in [1.54, 1.807) is 0 Å². The molecule has 1 aliphatic heterocycles. The van der Waals surface area contributed by atoms with Gasteiger partial charge in [-0.15, -0.1) is 0 Å². The van der Waals surface area contributed by atoms with Crippen LogP contribution in [0.3, 0.4) is 0 Å². The number of aromatic nitrogens is 3. The molecule has 18 rings (SSSR count). The van der Waals surface area contributed by atoms with Gasteiger partial charge in [0, 0.05) is 49.5 Å². The number of hydrogen-bond donors (Lipinski definition) is 0. The van der Waals surface area contributed by atoms with Gasteiger partial charge in [0.2, 0.25) is 0 Å². The second-order valence-corrected chi connectivity index (χ2v) is 23.8. The minimum absolute atomic E-state index is 0.0112. The fourth-order valence-corrected chi connectivity index (χ4v) is 15.1. The Labute approximate surface area is 521 Å². The molecule has 5 heteroatoms. The molecule has 2 aliphatic rings. The van der Waals surface area contributed by atoms with E-state index in [0.29, 0.717) is 5.56 Å². The van der Waals surface area contributed by atoms with E-state index in [0.717, 1.165) is 149 Å². The molecule has 1 aliphatic carbocycles. The first-order valence-electron chi connectivity index (χ1n) is 31.0. The Morgan fingerprint density at radius 3 is 1.06 bits per heavy atom. The Kier molecular flexibility index (Phi) is 11.7. The van der Waals surface area contributed by atoms with Crippen LogP contribution in [0.1, 0.15) is 17.0 Å². The zero-order valence-corrected chi connectivity index (χ0v) is 49.0. The predicted molar refractivity (Wildman–Crippen MR) is 375 cm³/mol. The van der Waals surface area contributed by atoms with Crippen molar-refractivity contribution in [2.24, 2.45) is 0 Å². The van der Waals surface area contributed by atoms with Crippen LogP contribution in [-0.2, 0) is 0 Å². The average Bonchev–Trinajstić information content (AvgIpc) is 1.47. The lowest BCUT2D eigenvalue weighted by Gasteiger charge is -2.35. The van der Waals surface area contributed by atoms with E-state index in [4.69, 9.17) is 0 Å². The number of para-hydroxylation sites is 3. The number of nitrogens with zero attached hydrogens (tertiary/aromatic N) is 5. The van der Waals surface area contributed by atoms with E-state index in [2.05, 4.69) is 346 Å². The second-order valence-electron chi connectivity index (χ2n) is 23.8. The standard InChI is InChI=1S/C85H55N5/c86-54-72-82(87-73-38-20-16-34-64(73)65-35-17-21-39-74(65)87)84(89-77-46-42-60(55-24-6-1-7-25-55)50-68(77)69-51-61(43-47-78(69)89)56-26-8-2-9-27-56)81(59-32-14-5-15-33-59)85(83(72)88-75-40-22-18-36-66(75)67-37-19-23-41-76(67)88)90-79-48-44-62(57-28-10-3-11-29-57)52-70(79)71-53-63(45-49-80(71)90)58-30-12-4-13-31-58/h1-53,64,73H. The van der Waals surface area contributed by atoms with E-state index in [-0.39, 0.29) is 12.0 Å². The third-order valence-electron chi connectivity index (χ3n) is 19.0. The molecular formula is C85H55N5. The Bertz CT molecular complexity index is 5420. The molecule has 0 amide bonds. The zero-order chi connectivity index (χ0) is 59.4. The summed E-state index contributed by atoms with van der Waals surface area (Å²) in [4.78, 5) is 2.53. The van der Waals surface area contributed by atoms with Crippen LogP contribution in [0.5, 0.6) is 0 Å². The summed E-state index contributed by atoms with van der Waals surface area (Å²) >= 11 is 0. The van der Waals surface area contributed by atoms with Crippen LogP contribution in [-0.4, -0.2) is 19.7 Å². The highest BCUT2D eigenvalue weighted by Gasteiger charge is 2.43. The number of fused-ring (bicyclic) bond motifs is 12. The molecule has 4 heterocycles. The van der Waals surface area contributed by atoms with Gasteiger partial charge in [0.15, 0.2) is 0 Å². The Morgan fingerprint density at radius 2 is 0.622 bits per heavy atom. The smallest absolute Gasteiger partial charge is 0.104 e. The molecule has 0 saturated heterocycles. The first kappa shape index (κ1) is 51.3. The Balaban J connectivity index is 1.10. The van der Waals surface area contributed by atoms with E-state index in [9.17, 15) is 5.26 Å². The maximum Gasteiger partial charge on any atom is 0.104 e. The summed E-state index contributed by atoms with van der Waals surface area (Å²) in [6, 6.07) is 111. The SMILES string of the molecule is N#Cc1c(N2c3ccccc3C3C=CC=CC32)c(-n2c3ccc(-c4ccccc4)cc3c3cc(-c4ccccc4)ccc32)c(-c2ccccc2)c(-n2c3ccc(-c4ccccc4)cc3c3cc(-c4ccccc4)ccc32)c1-n1c2ccccc2c2ccccc21. The molecule has 90 heavy (non-hydrogen) atoms. The fraction of sp³-hybridized carbons (Fsp3) is 0.0235. The van der Waals surface area contributed by atoms with Gasteiger partial charge in [0.1, 0.15) is 11.6 Å². The van der Waals surface area contributed by atoms with E-state index in [1.165, 1.54) is 5.56 Å². The van der Waals surface area contributed by atoms with Crippen LogP contribution in [0.2, 0.25) is 0 Å². The molecule has 2 unspecified atom stereocenters. The summed E-state index contributed by atoms with van der Waals surface area (Å²) in [6.45, 7) is 0. The largest absolute Gasteiger partial charge is 0.330 e. The Hall–Kier alpha value is -12.0. The lowest BCUT2D eigenvalue weighted by Crippen LogP contribution is -2.31. The van der Waals surface area contributed by atoms with Crippen molar-refractivity contribution in [1.82, 2.24) is 13.7 Å². The van der Waals surface area contributed by atoms with Crippen LogP contribution < -0.4 is 4.90 Å². The highest BCUT2D eigenvalue weighted by Crippen LogP contribution is 2.57. The van der Waals surface area contributed by atoms with Crippen molar-refractivity contribution in [3.05, 3.63) is 333 Å². The van der Waals surface area contributed by atoms with Gasteiger partial charge in [-0.1, -0.05) is 255 Å². The molecule has 5 nitrogen and oxygen atoms in total. The van der Waals surface area contributed by atoms with Gasteiger partial charge >= 0.3 is 0 Å². The average molecular weight is 1150 g/mol. The zero-order valence-electron chi connectivity index (χ0n) is 49.0. The molecule has 420 valence electrons. The maximum atomic E-state index is 13.2. The van der Waals surface area contributed by atoms with E-state index >= 15 is 0 Å². The third-order valence-corrected chi connectivity index (χ3v) is 19.0. The number of benzene rings is 13.